The second-order valence-corrected chi connectivity index (χ2v) is 5.50. The fourth-order valence-corrected chi connectivity index (χ4v) is 3.12. The quantitative estimate of drug-likeness (QED) is 0.756. The van der Waals surface area contributed by atoms with Crippen LogP contribution in [0.25, 0.3) is 10.9 Å². The number of rotatable bonds is 6. The number of carboxylic acids is 1. The molecule has 0 amide bonds. The second kappa shape index (κ2) is 6.66. The number of carbonyl (C=O) groups is 1. The third-order valence-electron chi connectivity index (χ3n) is 4.18. The van der Waals surface area contributed by atoms with Crippen LogP contribution < -0.4 is 14.6 Å². The van der Waals surface area contributed by atoms with Crippen LogP contribution in [0.15, 0.2) is 48.7 Å². The Morgan fingerprint density at radius 1 is 1.08 bits per heavy atom. The number of hydrogen-bond acceptors (Lipinski definition) is 4. The Bertz CT molecular complexity index is 869. The molecule has 0 aliphatic rings. The van der Waals surface area contributed by atoms with Gasteiger partial charge in [-0.05, 0) is 24.1 Å². The van der Waals surface area contributed by atoms with Crippen molar-refractivity contribution >= 4 is 16.9 Å². The molecule has 0 saturated carbocycles. The van der Waals surface area contributed by atoms with Gasteiger partial charge in [0.1, 0.15) is 0 Å². The number of hydrogen-bond donors (Lipinski definition) is 1. The largest absolute Gasteiger partial charge is 0.550 e. The maximum atomic E-state index is 11.4. The van der Waals surface area contributed by atoms with Gasteiger partial charge in [0.2, 0.25) is 0 Å². The van der Waals surface area contributed by atoms with Crippen LogP contribution >= 0.6 is 0 Å². The van der Waals surface area contributed by atoms with Crippen molar-refractivity contribution in [1.82, 2.24) is 4.98 Å². The van der Waals surface area contributed by atoms with E-state index < -0.39 is 11.9 Å². The van der Waals surface area contributed by atoms with Crippen LogP contribution in [0.5, 0.6) is 11.5 Å². The lowest BCUT2D eigenvalue weighted by atomic mass is 9.87. The van der Waals surface area contributed by atoms with Crippen molar-refractivity contribution in [3.8, 4) is 11.5 Å². The summed E-state index contributed by atoms with van der Waals surface area (Å²) in [6.07, 6.45) is 1.70. The first-order chi connectivity index (χ1) is 11.7. The van der Waals surface area contributed by atoms with E-state index in [9.17, 15) is 9.90 Å². The molecule has 0 aliphatic heterocycles. The van der Waals surface area contributed by atoms with Gasteiger partial charge in [0, 0.05) is 34.6 Å². The molecule has 0 radical (unpaired) electrons. The molecule has 124 valence electrons. The zero-order valence-corrected chi connectivity index (χ0v) is 13.5. The summed E-state index contributed by atoms with van der Waals surface area (Å²) >= 11 is 0. The Balaban J connectivity index is 2.20. The van der Waals surface area contributed by atoms with Gasteiger partial charge in [0.15, 0.2) is 11.5 Å². The van der Waals surface area contributed by atoms with Crippen LogP contribution in [0, 0.1) is 0 Å². The Hall–Kier alpha value is -2.95. The second-order valence-electron chi connectivity index (χ2n) is 5.50. The SMILES string of the molecule is COc1cccc([C@@H](CC(=O)[O-])c2c[nH]c3ccccc23)c1OC. The number of para-hydroxylation sites is 2. The summed E-state index contributed by atoms with van der Waals surface area (Å²) in [5, 5.41) is 12.4. The number of H-pyrrole nitrogens is 1. The molecule has 2 aromatic carbocycles. The van der Waals surface area contributed by atoms with E-state index in [-0.39, 0.29) is 6.42 Å². The van der Waals surface area contributed by atoms with E-state index in [0.29, 0.717) is 11.5 Å². The summed E-state index contributed by atoms with van der Waals surface area (Å²) in [6.45, 7) is 0. The molecule has 0 fully saturated rings. The van der Waals surface area contributed by atoms with E-state index >= 15 is 0 Å². The van der Waals surface area contributed by atoms with Gasteiger partial charge in [-0.2, -0.15) is 0 Å². The minimum absolute atomic E-state index is 0.147. The smallest absolute Gasteiger partial charge is 0.164 e. The molecule has 1 heterocycles. The number of methoxy groups -OCH3 is 2. The number of benzene rings is 2. The Morgan fingerprint density at radius 2 is 1.88 bits per heavy atom. The maximum absolute atomic E-state index is 11.4. The number of fused-ring (bicyclic) bond motifs is 1. The zero-order valence-electron chi connectivity index (χ0n) is 13.5. The van der Waals surface area contributed by atoms with Crippen LogP contribution in [0.2, 0.25) is 0 Å². The Morgan fingerprint density at radius 3 is 2.58 bits per heavy atom. The Labute approximate surface area is 139 Å². The molecule has 0 aliphatic carbocycles. The van der Waals surface area contributed by atoms with Gasteiger partial charge in [0.25, 0.3) is 0 Å². The molecule has 5 nitrogen and oxygen atoms in total. The van der Waals surface area contributed by atoms with Gasteiger partial charge in [-0.25, -0.2) is 0 Å². The van der Waals surface area contributed by atoms with Crippen molar-refractivity contribution in [1.29, 1.82) is 0 Å². The zero-order chi connectivity index (χ0) is 17.1. The monoisotopic (exact) mass is 324 g/mol. The van der Waals surface area contributed by atoms with E-state index in [1.807, 2.05) is 42.6 Å². The molecule has 0 saturated heterocycles. The molecule has 0 bridgehead atoms. The van der Waals surface area contributed by atoms with Crippen LogP contribution in [-0.4, -0.2) is 25.2 Å². The first-order valence-electron chi connectivity index (χ1n) is 7.62. The van der Waals surface area contributed by atoms with Gasteiger partial charge in [-0.15, -0.1) is 0 Å². The van der Waals surface area contributed by atoms with Gasteiger partial charge < -0.3 is 24.4 Å². The number of ether oxygens (including phenoxy) is 2. The molecule has 3 aromatic rings. The molecular formula is C19H18NO4-. The summed E-state index contributed by atoms with van der Waals surface area (Å²) in [6, 6.07) is 13.3. The van der Waals surface area contributed by atoms with Crippen molar-refractivity contribution in [3.05, 3.63) is 59.8 Å². The standard InChI is InChI=1S/C19H19NO4/c1-23-17-9-5-7-13(19(17)24-2)14(10-18(21)22)15-11-20-16-8-4-3-6-12(15)16/h3-9,11,14,20H,10H2,1-2H3,(H,21,22)/p-1/t14-/m1/s1. The summed E-state index contributed by atoms with van der Waals surface area (Å²) in [5.41, 5.74) is 2.60. The highest BCUT2D eigenvalue weighted by Gasteiger charge is 2.23. The van der Waals surface area contributed by atoms with E-state index in [2.05, 4.69) is 4.98 Å². The van der Waals surface area contributed by atoms with Gasteiger partial charge >= 0.3 is 0 Å². The van der Waals surface area contributed by atoms with Crippen molar-refractivity contribution < 1.29 is 19.4 Å². The Kier molecular flexibility index (Phi) is 4.42. The first-order valence-corrected chi connectivity index (χ1v) is 7.62. The molecule has 0 unspecified atom stereocenters. The summed E-state index contributed by atoms with van der Waals surface area (Å²) in [4.78, 5) is 14.6. The van der Waals surface area contributed by atoms with E-state index in [0.717, 1.165) is 22.0 Å². The van der Waals surface area contributed by atoms with Crippen molar-refractivity contribution in [2.75, 3.05) is 14.2 Å². The van der Waals surface area contributed by atoms with Crippen LogP contribution in [-0.2, 0) is 4.79 Å². The lowest BCUT2D eigenvalue weighted by Crippen LogP contribution is -2.25. The van der Waals surface area contributed by atoms with Gasteiger partial charge in [0.05, 0.1) is 14.2 Å². The third-order valence-corrected chi connectivity index (χ3v) is 4.18. The molecule has 24 heavy (non-hydrogen) atoms. The number of carboxylic acid groups (broad SMARTS) is 1. The number of carbonyl (C=O) groups excluding carboxylic acids is 1. The molecule has 1 aromatic heterocycles. The van der Waals surface area contributed by atoms with E-state index in [1.54, 1.807) is 20.3 Å². The molecule has 1 N–H and O–H groups in total. The summed E-state index contributed by atoms with van der Waals surface area (Å²) < 4.78 is 10.8. The highest BCUT2D eigenvalue weighted by Crippen LogP contribution is 2.41. The number of aromatic nitrogens is 1. The lowest BCUT2D eigenvalue weighted by molar-refractivity contribution is -0.305. The molecule has 5 heteroatoms. The normalized spacial score (nSPS) is 12.1. The molecular weight excluding hydrogens is 306 g/mol. The average Bonchev–Trinajstić information content (AvgIpc) is 3.02. The minimum atomic E-state index is -1.12. The van der Waals surface area contributed by atoms with E-state index in [4.69, 9.17) is 9.47 Å². The fraction of sp³-hybridized carbons (Fsp3) is 0.211. The van der Waals surface area contributed by atoms with Gasteiger partial charge in [-0.1, -0.05) is 30.3 Å². The number of aliphatic carboxylic acids is 1. The number of aromatic amines is 1. The van der Waals surface area contributed by atoms with Gasteiger partial charge in [-0.3, -0.25) is 0 Å². The maximum Gasteiger partial charge on any atom is 0.164 e. The van der Waals surface area contributed by atoms with Crippen molar-refractivity contribution in [2.45, 2.75) is 12.3 Å². The van der Waals surface area contributed by atoms with Crippen molar-refractivity contribution in [2.24, 2.45) is 0 Å². The minimum Gasteiger partial charge on any atom is -0.550 e. The highest BCUT2D eigenvalue weighted by molar-refractivity contribution is 5.85. The molecule has 3 rings (SSSR count). The average molecular weight is 324 g/mol. The topological polar surface area (TPSA) is 74.4 Å². The summed E-state index contributed by atoms with van der Waals surface area (Å²) in [5.74, 6) is -0.416. The van der Waals surface area contributed by atoms with Crippen LogP contribution in [0.4, 0.5) is 0 Å². The first kappa shape index (κ1) is 15.9. The van der Waals surface area contributed by atoms with E-state index in [1.165, 1.54) is 0 Å². The van der Waals surface area contributed by atoms with Crippen LogP contribution in [0.1, 0.15) is 23.5 Å². The fourth-order valence-electron chi connectivity index (χ4n) is 3.12. The van der Waals surface area contributed by atoms with Crippen molar-refractivity contribution in [3.63, 3.8) is 0 Å². The summed E-state index contributed by atoms with van der Waals surface area (Å²) in [7, 11) is 3.10. The molecule has 0 spiro atoms. The highest BCUT2D eigenvalue weighted by atomic mass is 16.5. The lowest BCUT2D eigenvalue weighted by Gasteiger charge is -2.21. The predicted octanol–water partition coefficient (Wildman–Crippen LogP) is 2.46. The predicted molar refractivity (Wildman–Crippen MR) is 89.3 cm³/mol. The third kappa shape index (κ3) is 2.80. The number of nitrogens with one attached hydrogen (secondary N) is 1. The molecule has 1 atom stereocenters. The van der Waals surface area contributed by atoms with Crippen LogP contribution in [0.3, 0.4) is 0 Å².